The number of amides is 2. The van der Waals surface area contributed by atoms with Crippen molar-refractivity contribution in [3.05, 3.63) is 28.8 Å². The van der Waals surface area contributed by atoms with Crippen LogP contribution >= 0.6 is 23.8 Å². The van der Waals surface area contributed by atoms with E-state index in [1.165, 1.54) is 6.42 Å². The fraction of sp³-hybridized carbons (Fsp3) is 0.471. The first-order chi connectivity index (χ1) is 11.5. The second-order valence-corrected chi connectivity index (χ2v) is 6.67. The average Bonchev–Trinajstić information content (AvgIpc) is 2.57. The number of hydrogen-bond donors (Lipinski definition) is 3. The van der Waals surface area contributed by atoms with Gasteiger partial charge in [-0.2, -0.15) is 0 Å². The Bertz CT molecular complexity index is 630. The van der Waals surface area contributed by atoms with E-state index in [2.05, 4.69) is 16.0 Å². The number of benzene rings is 1. The van der Waals surface area contributed by atoms with Crippen molar-refractivity contribution in [3.63, 3.8) is 0 Å². The highest BCUT2D eigenvalue weighted by Gasteiger charge is 2.18. The average molecular weight is 368 g/mol. The zero-order valence-electron chi connectivity index (χ0n) is 13.7. The Morgan fingerprint density at radius 3 is 2.62 bits per heavy atom. The monoisotopic (exact) mass is 367 g/mol. The van der Waals surface area contributed by atoms with Crippen LogP contribution in [0.5, 0.6) is 0 Å². The molecule has 5 nitrogen and oxygen atoms in total. The van der Waals surface area contributed by atoms with Crippen LogP contribution in [0.3, 0.4) is 0 Å². The Morgan fingerprint density at radius 2 is 1.96 bits per heavy atom. The second kappa shape index (κ2) is 8.99. The van der Waals surface area contributed by atoms with Crippen molar-refractivity contribution < 1.29 is 9.59 Å². The standard InChI is InChI=1S/C17H22ClN3O2S/c1-2-15(22)21-17(24)20-12-8-9-14(18)13(10-12)16(23)19-11-6-4-3-5-7-11/h8-11H,2-7H2,1H3,(H,19,23)(H2,20,21,22,24). The first-order valence-electron chi connectivity index (χ1n) is 8.21. The van der Waals surface area contributed by atoms with Gasteiger partial charge in [0, 0.05) is 18.2 Å². The van der Waals surface area contributed by atoms with Gasteiger partial charge in [0.15, 0.2) is 5.11 Å². The van der Waals surface area contributed by atoms with Gasteiger partial charge in [0.05, 0.1) is 10.6 Å². The summed E-state index contributed by atoms with van der Waals surface area (Å²) in [7, 11) is 0. The van der Waals surface area contributed by atoms with Crippen LogP contribution in [0.4, 0.5) is 5.69 Å². The van der Waals surface area contributed by atoms with E-state index in [4.69, 9.17) is 23.8 Å². The molecule has 24 heavy (non-hydrogen) atoms. The van der Waals surface area contributed by atoms with Crippen molar-refractivity contribution in [2.75, 3.05) is 5.32 Å². The Balaban J connectivity index is 2.03. The normalized spacial score (nSPS) is 14.8. The molecule has 0 bridgehead atoms. The predicted octanol–water partition coefficient (Wildman–Crippen LogP) is 3.63. The first kappa shape index (κ1) is 18.7. The molecule has 0 saturated heterocycles. The molecule has 1 saturated carbocycles. The number of anilines is 1. The van der Waals surface area contributed by atoms with Crippen molar-refractivity contribution in [2.24, 2.45) is 0 Å². The third kappa shape index (κ3) is 5.46. The molecule has 2 rings (SSSR count). The molecule has 1 aliphatic carbocycles. The van der Waals surface area contributed by atoms with E-state index >= 15 is 0 Å². The third-order valence-corrected chi connectivity index (χ3v) is 4.52. The summed E-state index contributed by atoms with van der Waals surface area (Å²) in [5.41, 5.74) is 1.01. The molecule has 130 valence electrons. The molecule has 0 aliphatic heterocycles. The van der Waals surface area contributed by atoms with Crippen molar-refractivity contribution >= 4 is 46.4 Å². The molecule has 1 fully saturated rings. The summed E-state index contributed by atoms with van der Waals surface area (Å²) in [6.45, 7) is 1.74. The minimum Gasteiger partial charge on any atom is -0.349 e. The maximum absolute atomic E-state index is 12.5. The quantitative estimate of drug-likeness (QED) is 0.711. The summed E-state index contributed by atoms with van der Waals surface area (Å²) in [5.74, 6) is -0.351. The lowest BCUT2D eigenvalue weighted by Crippen LogP contribution is -2.36. The smallest absolute Gasteiger partial charge is 0.253 e. The number of hydrogen-bond acceptors (Lipinski definition) is 3. The zero-order chi connectivity index (χ0) is 17.5. The molecular weight excluding hydrogens is 346 g/mol. The highest BCUT2D eigenvalue weighted by atomic mass is 35.5. The summed E-state index contributed by atoms with van der Waals surface area (Å²) in [6.07, 6.45) is 5.88. The van der Waals surface area contributed by atoms with Crippen molar-refractivity contribution in [1.29, 1.82) is 0 Å². The van der Waals surface area contributed by atoms with Crippen LogP contribution in [0, 0.1) is 0 Å². The summed E-state index contributed by atoms with van der Waals surface area (Å²) in [5, 5.41) is 9.08. The molecule has 7 heteroatoms. The molecule has 0 heterocycles. The number of nitrogens with one attached hydrogen (secondary N) is 3. The van der Waals surface area contributed by atoms with Crippen molar-refractivity contribution in [1.82, 2.24) is 10.6 Å². The molecular formula is C17H22ClN3O2S. The zero-order valence-corrected chi connectivity index (χ0v) is 15.2. The topological polar surface area (TPSA) is 70.2 Å². The van der Waals surface area contributed by atoms with Gasteiger partial charge in [0.2, 0.25) is 5.91 Å². The van der Waals surface area contributed by atoms with Crippen LogP contribution in [0.1, 0.15) is 55.8 Å². The van der Waals surface area contributed by atoms with Gasteiger partial charge in [-0.3, -0.25) is 9.59 Å². The van der Waals surface area contributed by atoms with E-state index in [9.17, 15) is 9.59 Å². The van der Waals surface area contributed by atoms with Crippen molar-refractivity contribution in [2.45, 2.75) is 51.5 Å². The van der Waals surface area contributed by atoms with Crippen LogP contribution in [0.15, 0.2) is 18.2 Å². The van der Waals surface area contributed by atoms with E-state index in [0.29, 0.717) is 22.7 Å². The van der Waals surface area contributed by atoms with Crippen molar-refractivity contribution in [3.8, 4) is 0 Å². The van der Waals surface area contributed by atoms with Crippen LogP contribution in [0.25, 0.3) is 0 Å². The van der Waals surface area contributed by atoms with Gasteiger partial charge in [-0.25, -0.2) is 0 Å². The highest BCUT2D eigenvalue weighted by molar-refractivity contribution is 7.80. The Labute approximate surface area is 152 Å². The van der Waals surface area contributed by atoms with Crippen LogP contribution in [-0.4, -0.2) is 23.0 Å². The maximum Gasteiger partial charge on any atom is 0.253 e. The number of rotatable bonds is 4. The lowest BCUT2D eigenvalue weighted by molar-refractivity contribution is -0.119. The summed E-state index contributed by atoms with van der Waals surface area (Å²) < 4.78 is 0. The Morgan fingerprint density at radius 1 is 1.25 bits per heavy atom. The van der Waals surface area contributed by atoms with E-state index in [0.717, 1.165) is 25.7 Å². The molecule has 0 spiro atoms. The number of carbonyl (C=O) groups is 2. The summed E-state index contributed by atoms with van der Waals surface area (Å²) >= 11 is 11.2. The molecule has 1 aromatic carbocycles. The molecule has 0 atom stereocenters. The van der Waals surface area contributed by atoms with E-state index < -0.39 is 0 Å². The molecule has 0 unspecified atom stereocenters. The minimum atomic E-state index is -0.181. The molecule has 0 aromatic heterocycles. The maximum atomic E-state index is 12.5. The molecule has 0 radical (unpaired) electrons. The van der Waals surface area contributed by atoms with E-state index in [1.807, 2.05) is 0 Å². The number of carbonyl (C=O) groups excluding carboxylic acids is 2. The number of halogens is 1. The molecule has 1 aliphatic rings. The van der Waals surface area contributed by atoms with Gasteiger partial charge in [-0.1, -0.05) is 37.8 Å². The summed E-state index contributed by atoms with van der Waals surface area (Å²) in [6, 6.07) is 5.21. The minimum absolute atomic E-state index is 0.170. The van der Waals surface area contributed by atoms with Gasteiger partial charge in [-0.05, 0) is 43.3 Å². The van der Waals surface area contributed by atoms with Gasteiger partial charge in [0.1, 0.15) is 0 Å². The van der Waals surface area contributed by atoms with Crippen LogP contribution < -0.4 is 16.0 Å². The lowest BCUT2D eigenvalue weighted by atomic mass is 9.95. The van der Waals surface area contributed by atoms with Crippen LogP contribution in [0.2, 0.25) is 5.02 Å². The first-order valence-corrected chi connectivity index (χ1v) is 8.99. The highest BCUT2D eigenvalue weighted by Crippen LogP contribution is 2.22. The van der Waals surface area contributed by atoms with Gasteiger partial charge >= 0.3 is 0 Å². The summed E-state index contributed by atoms with van der Waals surface area (Å²) in [4.78, 5) is 23.8. The number of thiocarbonyl (C=S) groups is 1. The van der Waals surface area contributed by atoms with Gasteiger partial charge in [0.25, 0.3) is 5.91 Å². The second-order valence-electron chi connectivity index (χ2n) is 5.86. The SMILES string of the molecule is CCC(=O)NC(=S)Nc1ccc(Cl)c(C(=O)NC2CCCCC2)c1. The largest absolute Gasteiger partial charge is 0.349 e. The molecule has 2 amide bonds. The fourth-order valence-electron chi connectivity index (χ4n) is 2.66. The Kier molecular flexibility index (Phi) is 6.99. The fourth-order valence-corrected chi connectivity index (χ4v) is 3.10. The predicted molar refractivity (Wildman–Crippen MR) is 100 cm³/mol. The lowest BCUT2D eigenvalue weighted by Gasteiger charge is -2.23. The van der Waals surface area contributed by atoms with E-state index in [-0.39, 0.29) is 23.0 Å². The Hall–Kier alpha value is -1.66. The third-order valence-electron chi connectivity index (χ3n) is 3.98. The molecule has 1 aromatic rings. The van der Waals surface area contributed by atoms with Gasteiger partial charge in [-0.15, -0.1) is 0 Å². The van der Waals surface area contributed by atoms with E-state index in [1.54, 1.807) is 25.1 Å². The molecule has 3 N–H and O–H groups in total. The van der Waals surface area contributed by atoms with Gasteiger partial charge < -0.3 is 16.0 Å². The van der Waals surface area contributed by atoms with Crippen LogP contribution in [-0.2, 0) is 4.79 Å².